The standard InChI is InChI=1S/C44H63BN2O4Si2/c1-43(2,3)52(7,8)50-40(36-25-17-12-18-26-36)32-46-31-39(35-23-15-11-16-24-35)48-45-47(33-41(49-45)37-27-19-13-20-28-37)34-42(38-29-21-14-22-30-38)51-53(9,10)44(4,5)6/h11-30,39-42,46H,31-34H2,1-10H3/q-1/t39-,40-,41-,42-/m0/s1. The maximum atomic E-state index is 7.19. The van der Waals surface area contributed by atoms with Crippen LogP contribution in [-0.4, -0.2) is 54.9 Å². The normalized spacial score (nSPS) is 18.2. The summed E-state index contributed by atoms with van der Waals surface area (Å²) in [6.45, 7) is 25.7. The third-order valence-electron chi connectivity index (χ3n) is 11.5. The maximum absolute atomic E-state index is 7.19. The van der Waals surface area contributed by atoms with Crippen molar-refractivity contribution in [1.82, 2.24) is 10.1 Å². The summed E-state index contributed by atoms with van der Waals surface area (Å²) in [7, 11) is -4.75. The van der Waals surface area contributed by atoms with E-state index in [2.05, 4.69) is 199 Å². The summed E-state index contributed by atoms with van der Waals surface area (Å²) in [6.07, 6.45) is -0.600. The highest BCUT2D eigenvalue weighted by molar-refractivity contribution is 6.74. The Kier molecular flexibility index (Phi) is 13.8. The van der Waals surface area contributed by atoms with Crippen LogP contribution >= 0.6 is 0 Å². The van der Waals surface area contributed by atoms with E-state index in [1.54, 1.807) is 0 Å². The lowest BCUT2D eigenvalue weighted by atomic mass is 10.00. The minimum Gasteiger partial charge on any atom is -0.570 e. The Bertz CT molecular complexity index is 1670. The van der Waals surface area contributed by atoms with E-state index < -0.39 is 23.9 Å². The molecule has 53 heavy (non-hydrogen) atoms. The fourth-order valence-electron chi connectivity index (χ4n) is 6.15. The predicted molar refractivity (Wildman–Crippen MR) is 226 cm³/mol. The minimum atomic E-state index is -2.12. The summed E-state index contributed by atoms with van der Waals surface area (Å²) in [6, 6.07) is 42.3. The molecule has 1 fully saturated rings. The van der Waals surface area contributed by atoms with Gasteiger partial charge in [-0.2, -0.15) is 0 Å². The lowest BCUT2D eigenvalue weighted by molar-refractivity contribution is 0.103. The molecule has 0 amide bonds. The lowest BCUT2D eigenvalue weighted by Gasteiger charge is -2.43. The van der Waals surface area contributed by atoms with Crippen LogP contribution in [0.15, 0.2) is 121 Å². The molecule has 0 aromatic heterocycles. The van der Waals surface area contributed by atoms with Crippen molar-refractivity contribution in [2.45, 2.75) is 102 Å². The fourth-order valence-corrected chi connectivity index (χ4v) is 8.71. The second kappa shape index (κ2) is 17.7. The van der Waals surface area contributed by atoms with Gasteiger partial charge >= 0.3 is 0 Å². The summed E-state index contributed by atoms with van der Waals surface area (Å²) in [5.74, 6) is 0. The van der Waals surface area contributed by atoms with Gasteiger partial charge in [0.25, 0.3) is 0 Å². The SMILES string of the molecule is CC(C)(C)[Si](C)(C)O[C@@H](CNC[C@H](O[B-]1O[C@H](c2ccccc2)CN1C[C@H](O[Si](C)(C)C(C)(C)C)c1ccccc1)c1ccccc1)c1ccccc1. The highest BCUT2D eigenvalue weighted by Gasteiger charge is 2.41. The average molecular weight is 751 g/mol. The fraction of sp³-hybridized carbons (Fsp3) is 0.455. The van der Waals surface area contributed by atoms with Gasteiger partial charge in [-0.05, 0) is 71.6 Å². The molecule has 1 heterocycles. The van der Waals surface area contributed by atoms with Crippen molar-refractivity contribution in [2.75, 3.05) is 26.2 Å². The first-order valence-electron chi connectivity index (χ1n) is 19.4. The summed E-state index contributed by atoms with van der Waals surface area (Å²) >= 11 is 0. The molecule has 0 saturated carbocycles. The molecule has 1 aliphatic heterocycles. The van der Waals surface area contributed by atoms with Crippen LogP contribution in [0.4, 0.5) is 0 Å². The molecular formula is C44H63BN2O4Si2-. The summed E-state index contributed by atoms with van der Waals surface area (Å²) < 4.78 is 28.2. The van der Waals surface area contributed by atoms with E-state index in [0.717, 1.165) is 11.1 Å². The highest BCUT2D eigenvalue weighted by Crippen LogP contribution is 2.42. The number of rotatable bonds is 16. The first-order valence-corrected chi connectivity index (χ1v) is 25.2. The zero-order valence-electron chi connectivity index (χ0n) is 33.8. The lowest BCUT2D eigenvalue weighted by Crippen LogP contribution is -2.47. The Hall–Kier alpha value is -2.86. The molecule has 9 heteroatoms. The summed E-state index contributed by atoms with van der Waals surface area (Å²) in [4.78, 5) is 2.34. The summed E-state index contributed by atoms with van der Waals surface area (Å²) in [5.41, 5.74) is 4.61. The molecule has 0 aliphatic carbocycles. The van der Waals surface area contributed by atoms with Crippen LogP contribution in [0.3, 0.4) is 0 Å². The Morgan fingerprint density at radius 3 is 1.49 bits per heavy atom. The van der Waals surface area contributed by atoms with E-state index >= 15 is 0 Å². The molecule has 1 aliphatic rings. The quantitative estimate of drug-likeness (QED) is 0.115. The van der Waals surface area contributed by atoms with Gasteiger partial charge in [-0.3, -0.25) is 0 Å². The van der Waals surface area contributed by atoms with Crippen LogP contribution in [0.1, 0.15) is 88.2 Å². The van der Waals surface area contributed by atoms with E-state index in [0.29, 0.717) is 26.2 Å². The van der Waals surface area contributed by atoms with Crippen molar-refractivity contribution in [3.63, 3.8) is 0 Å². The molecule has 6 nitrogen and oxygen atoms in total. The molecular weight excluding hydrogens is 687 g/mol. The molecule has 1 radical (unpaired) electrons. The van der Waals surface area contributed by atoms with Gasteiger partial charge in [-0.25, -0.2) is 0 Å². The largest absolute Gasteiger partial charge is 0.570 e. The van der Waals surface area contributed by atoms with Crippen LogP contribution in [0.25, 0.3) is 0 Å². The van der Waals surface area contributed by atoms with Crippen LogP contribution < -0.4 is 5.32 Å². The molecule has 0 spiro atoms. The highest BCUT2D eigenvalue weighted by atomic mass is 28.4. The number of nitrogens with one attached hydrogen (secondary N) is 1. The molecule has 5 rings (SSSR count). The molecule has 1 N–H and O–H groups in total. The first-order chi connectivity index (χ1) is 25.0. The van der Waals surface area contributed by atoms with E-state index in [1.165, 1.54) is 11.1 Å². The first kappa shape index (κ1) is 41.3. The maximum Gasteiger partial charge on any atom is 0.232 e. The smallest absolute Gasteiger partial charge is 0.232 e. The van der Waals surface area contributed by atoms with E-state index in [9.17, 15) is 0 Å². The monoisotopic (exact) mass is 750 g/mol. The number of nitrogens with zero attached hydrogens (tertiary/aromatic N) is 1. The third kappa shape index (κ3) is 11.1. The van der Waals surface area contributed by atoms with Crippen molar-refractivity contribution >= 4 is 23.9 Å². The van der Waals surface area contributed by atoms with Gasteiger partial charge in [-0.1, -0.05) is 163 Å². The van der Waals surface area contributed by atoms with Gasteiger partial charge in [0.15, 0.2) is 16.6 Å². The predicted octanol–water partition coefficient (Wildman–Crippen LogP) is 10.9. The molecule has 4 aromatic rings. The molecule has 285 valence electrons. The topological polar surface area (TPSA) is 52.2 Å². The van der Waals surface area contributed by atoms with E-state index in [-0.39, 0.29) is 34.5 Å². The number of benzene rings is 4. The van der Waals surface area contributed by atoms with Crippen LogP contribution in [-0.2, 0) is 18.2 Å². The Labute approximate surface area is 323 Å². The zero-order valence-corrected chi connectivity index (χ0v) is 35.8. The molecule has 4 aromatic carbocycles. The Morgan fingerprint density at radius 1 is 0.623 bits per heavy atom. The van der Waals surface area contributed by atoms with Gasteiger partial charge in [0.1, 0.15) is 0 Å². The zero-order chi connectivity index (χ0) is 38.3. The average Bonchev–Trinajstić information content (AvgIpc) is 3.52. The van der Waals surface area contributed by atoms with E-state index in [4.69, 9.17) is 18.2 Å². The third-order valence-corrected chi connectivity index (χ3v) is 20.5. The minimum absolute atomic E-state index is 0.0694. The van der Waals surface area contributed by atoms with Gasteiger partial charge in [0.05, 0.1) is 18.3 Å². The van der Waals surface area contributed by atoms with E-state index in [1.807, 2.05) is 0 Å². The van der Waals surface area contributed by atoms with Crippen molar-refractivity contribution < 1.29 is 18.2 Å². The number of hydrogen-bond acceptors (Lipinski definition) is 6. The van der Waals surface area contributed by atoms with Gasteiger partial charge in [0.2, 0.25) is 7.25 Å². The second-order valence-electron chi connectivity index (χ2n) is 17.5. The van der Waals surface area contributed by atoms with Crippen molar-refractivity contribution in [2.24, 2.45) is 0 Å². The van der Waals surface area contributed by atoms with Gasteiger partial charge < -0.3 is 28.3 Å². The van der Waals surface area contributed by atoms with Crippen LogP contribution in [0.5, 0.6) is 0 Å². The molecule has 0 unspecified atom stereocenters. The molecule has 1 saturated heterocycles. The number of hydrogen-bond donors (Lipinski definition) is 1. The molecule has 0 bridgehead atoms. The second-order valence-corrected chi connectivity index (χ2v) is 27.1. The Balaban J connectivity index is 1.41. The van der Waals surface area contributed by atoms with Crippen LogP contribution in [0.2, 0.25) is 36.3 Å². The van der Waals surface area contributed by atoms with Gasteiger partial charge in [-0.15, -0.1) is 0 Å². The summed E-state index contributed by atoms with van der Waals surface area (Å²) in [5, 5.41) is 3.95. The van der Waals surface area contributed by atoms with Crippen molar-refractivity contribution in [1.29, 1.82) is 0 Å². The molecule has 4 atom stereocenters. The van der Waals surface area contributed by atoms with Gasteiger partial charge in [0, 0.05) is 19.2 Å². The van der Waals surface area contributed by atoms with Crippen molar-refractivity contribution in [3.05, 3.63) is 144 Å². The van der Waals surface area contributed by atoms with Crippen molar-refractivity contribution in [3.8, 4) is 0 Å². The Morgan fingerprint density at radius 2 is 1.02 bits per heavy atom. The van der Waals surface area contributed by atoms with Crippen LogP contribution in [0, 0.1) is 0 Å².